The average Bonchev–Trinajstić information content (AvgIpc) is 2.42. The van der Waals surface area contributed by atoms with Crippen LogP contribution in [0.15, 0.2) is 12.3 Å². The number of aromatic nitrogens is 1. The number of aryl methyl sites for hydroxylation is 1. The van der Waals surface area contributed by atoms with Crippen LogP contribution in [0.2, 0.25) is 0 Å². The molecule has 0 saturated carbocycles. The summed E-state index contributed by atoms with van der Waals surface area (Å²) in [6.45, 7) is 8.59. The molecule has 1 saturated heterocycles. The second-order valence-electron chi connectivity index (χ2n) is 5.47. The van der Waals surface area contributed by atoms with Gasteiger partial charge in [0.15, 0.2) is 0 Å². The lowest BCUT2D eigenvalue weighted by atomic mass is 10.1. The molecule has 1 fully saturated rings. The highest BCUT2D eigenvalue weighted by Gasteiger charge is 2.24. The van der Waals surface area contributed by atoms with Crippen molar-refractivity contribution in [1.29, 1.82) is 0 Å². The van der Waals surface area contributed by atoms with Gasteiger partial charge in [-0.05, 0) is 33.5 Å². The van der Waals surface area contributed by atoms with E-state index in [0.29, 0.717) is 6.04 Å². The summed E-state index contributed by atoms with van der Waals surface area (Å²) in [5.74, 6) is 0. The number of nitrogens with zero attached hydrogens (tertiary/aromatic N) is 3. The van der Waals surface area contributed by atoms with E-state index in [9.17, 15) is 0 Å². The molecule has 4 heteroatoms. The van der Waals surface area contributed by atoms with E-state index in [1.54, 1.807) is 0 Å². The standard InChI is InChI=1S/C15H26N4/c1-5-14-11-19(7-6-18(14)4)15-8-12(2)17-10-13(15)9-16-3/h8,10,14,16H,5-7,9,11H2,1-4H3. The number of pyridine rings is 1. The van der Waals surface area contributed by atoms with Crippen LogP contribution < -0.4 is 10.2 Å². The zero-order valence-corrected chi connectivity index (χ0v) is 12.6. The molecule has 1 atom stereocenters. The van der Waals surface area contributed by atoms with E-state index in [1.165, 1.54) is 17.7 Å². The van der Waals surface area contributed by atoms with Crippen LogP contribution in [0, 0.1) is 6.92 Å². The molecule has 0 amide bonds. The number of nitrogens with one attached hydrogen (secondary N) is 1. The van der Waals surface area contributed by atoms with Gasteiger partial charge in [0.2, 0.25) is 0 Å². The number of hydrogen-bond donors (Lipinski definition) is 1. The molecule has 1 aromatic rings. The summed E-state index contributed by atoms with van der Waals surface area (Å²) in [6.07, 6.45) is 3.22. The second kappa shape index (κ2) is 6.35. The first kappa shape index (κ1) is 14.3. The maximum atomic E-state index is 4.43. The molecular weight excluding hydrogens is 236 g/mol. The highest BCUT2D eigenvalue weighted by atomic mass is 15.3. The van der Waals surface area contributed by atoms with Crippen molar-refractivity contribution in [1.82, 2.24) is 15.2 Å². The number of anilines is 1. The minimum Gasteiger partial charge on any atom is -0.368 e. The lowest BCUT2D eigenvalue weighted by Crippen LogP contribution is -2.51. The predicted octanol–water partition coefficient (Wildman–Crippen LogP) is 1.64. The molecule has 0 bridgehead atoms. The van der Waals surface area contributed by atoms with Crippen LogP contribution in [0.5, 0.6) is 0 Å². The topological polar surface area (TPSA) is 31.4 Å². The summed E-state index contributed by atoms with van der Waals surface area (Å²) < 4.78 is 0. The fourth-order valence-electron chi connectivity index (χ4n) is 2.80. The Bertz CT molecular complexity index is 419. The zero-order valence-electron chi connectivity index (χ0n) is 12.6. The molecule has 1 aliphatic rings. The molecule has 1 N–H and O–H groups in total. The minimum atomic E-state index is 0.657. The molecule has 0 aromatic carbocycles. The average molecular weight is 262 g/mol. The highest BCUT2D eigenvalue weighted by molar-refractivity contribution is 5.54. The van der Waals surface area contributed by atoms with Crippen LogP contribution in [-0.2, 0) is 6.54 Å². The zero-order chi connectivity index (χ0) is 13.8. The number of hydrogen-bond acceptors (Lipinski definition) is 4. The molecule has 1 unspecified atom stereocenters. The fraction of sp³-hybridized carbons (Fsp3) is 0.667. The van der Waals surface area contributed by atoms with Gasteiger partial charge in [-0.2, -0.15) is 0 Å². The van der Waals surface area contributed by atoms with Crippen molar-refractivity contribution in [3.63, 3.8) is 0 Å². The van der Waals surface area contributed by atoms with Crippen molar-refractivity contribution in [2.45, 2.75) is 32.9 Å². The fourth-order valence-corrected chi connectivity index (χ4v) is 2.80. The van der Waals surface area contributed by atoms with Gasteiger partial charge in [0, 0.05) is 55.4 Å². The van der Waals surface area contributed by atoms with Crippen LogP contribution in [0.3, 0.4) is 0 Å². The van der Waals surface area contributed by atoms with Crippen molar-refractivity contribution in [3.8, 4) is 0 Å². The number of likely N-dealkylation sites (N-methyl/N-ethyl adjacent to an activating group) is 1. The normalized spacial score (nSPS) is 20.8. The van der Waals surface area contributed by atoms with Crippen LogP contribution in [0.25, 0.3) is 0 Å². The van der Waals surface area contributed by atoms with Gasteiger partial charge in [0.05, 0.1) is 0 Å². The Morgan fingerprint density at radius 1 is 1.42 bits per heavy atom. The molecule has 4 nitrogen and oxygen atoms in total. The molecule has 2 heterocycles. The Hall–Kier alpha value is -1.13. The van der Waals surface area contributed by atoms with E-state index in [4.69, 9.17) is 0 Å². The van der Waals surface area contributed by atoms with Crippen molar-refractivity contribution >= 4 is 5.69 Å². The van der Waals surface area contributed by atoms with E-state index < -0.39 is 0 Å². The molecule has 1 aromatic heterocycles. The van der Waals surface area contributed by atoms with E-state index in [1.807, 2.05) is 13.2 Å². The van der Waals surface area contributed by atoms with Gasteiger partial charge < -0.3 is 10.2 Å². The molecule has 0 aliphatic carbocycles. The predicted molar refractivity (Wildman–Crippen MR) is 80.7 cm³/mol. The van der Waals surface area contributed by atoms with Crippen LogP contribution in [0.1, 0.15) is 24.6 Å². The van der Waals surface area contributed by atoms with E-state index in [0.717, 1.165) is 31.9 Å². The monoisotopic (exact) mass is 262 g/mol. The molecule has 1 aliphatic heterocycles. The van der Waals surface area contributed by atoms with Gasteiger partial charge >= 0.3 is 0 Å². The summed E-state index contributed by atoms with van der Waals surface area (Å²) in [5.41, 5.74) is 3.75. The van der Waals surface area contributed by atoms with Crippen molar-refractivity contribution in [2.24, 2.45) is 0 Å². The number of piperazine rings is 1. The quantitative estimate of drug-likeness (QED) is 0.894. The highest BCUT2D eigenvalue weighted by Crippen LogP contribution is 2.24. The van der Waals surface area contributed by atoms with Gasteiger partial charge in [-0.1, -0.05) is 6.92 Å². The largest absolute Gasteiger partial charge is 0.368 e. The minimum absolute atomic E-state index is 0.657. The lowest BCUT2D eigenvalue weighted by molar-refractivity contribution is 0.213. The maximum absolute atomic E-state index is 4.43. The third-order valence-electron chi connectivity index (χ3n) is 4.05. The summed E-state index contributed by atoms with van der Waals surface area (Å²) in [5, 5.41) is 3.24. The Balaban J connectivity index is 2.22. The summed E-state index contributed by atoms with van der Waals surface area (Å²) >= 11 is 0. The molecule has 0 spiro atoms. The van der Waals surface area contributed by atoms with Gasteiger partial charge in [0.1, 0.15) is 0 Å². The van der Waals surface area contributed by atoms with Gasteiger partial charge in [-0.3, -0.25) is 9.88 Å². The van der Waals surface area contributed by atoms with Gasteiger partial charge in [-0.15, -0.1) is 0 Å². The molecule has 19 heavy (non-hydrogen) atoms. The third-order valence-corrected chi connectivity index (χ3v) is 4.05. The summed E-state index contributed by atoms with van der Waals surface area (Å²) in [6, 6.07) is 2.88. The Labute approximate surface area is 116 Å². The first-order chi connectivity index (χ1) is 9.15. The first-order valence-corrected chi connectivity index (χ1v) is 7.21. The van der Waals surface area contributed by atoms with Gasteiger partial charge in [-0.25, -0.2) is 0 Å². The molecule has 0 radical (unpaired) electrons. The molecule has 106 valence electrons. The Morgan fingerprint density at radius 3 is 2.89 bits per heavy atom. The first-order valence-electron chi connectivity index (χ1n) is 7.21. The summed E-state index contributed by atoms with van der Waals surface area (Å²) in [7, 11) is 4.22. The lowest BCUT2D eigenvalue weighted by Gasteiger charge is -2.41. The van der Waals surface area contributed by atoms with Crippen LogP contribution in [-0.4, -0.2) is 49.7 Å². The Kier molecular flexibility index (Phi) is 4.77. The van der Waals surface area contributed by atoms with Crippen molar-refractivity contribution < 1.29 is 0 Å². The van der Waals surface area contributed by atoms with Crippen molar-refractivity contribution in [3.05, 3.63) is 23.5 Å². The van der Waals surface area contributed by atoms with Gasteiger partial charge in [0.25, 0.3) is 0 Å². The second-order valence-corrected chi connectivity index (χ2v) is 5.47. The van der Waals surface area contributed by atoms with E-state index >= 15 is 0 Å². The smallest absolute Gasteiger partial charge is 0.0446 e. The summed E-state index contributed by atoms with van der Waals surface area (Å²) in [4.78, 5) is 9.43. The van der Waals surface area contributed by atoms with E-state index in [2.05, 4.69) is 47.1 Å². The number of rotatable bonds is 4. The van der Waals surface area contributed by atoms with Crippen LogP contribution >= 0.6 is 0 Å². The van der Waals surface area contributed by atoms with Crippen LogP contribution in [0.4, 0.5) is 5.69 Å². The van der Waals surface area contributed by atoms with E-state index in [-0.39, 0.29) is 0 Å². The third kappa shape index (κ3) is 3.25. The molecular formula is C15H26N4. The SMILES string of the molecule is CCC1CN(c2cc(C)ncc2CNC)CCN1C. The maximum Gasteiger partial charge on any atom is 0.0446 e. The van der Waals surface area contributed by atoms with Crippen molar-refractivity contribution in [2.75, 3.05) is 38.6 Å². The Morgan fingerprint density at radius 2 is 2.21 bits per heavy atom. The molecule has 2 rings (SSSR count).